The van der Waals surface area contributed by atoms with Gasteiger partial charge in [-0.25, -0.2) is 0 Å². The van der Waals surface area contributed by atoms with Crippen LogP contribution in [0.4, 0.5) is 0 Å². The Morgan fingerprint density at radius 3 is 2.11 bits per heavy atom. The van der Waals surface area contributed by atoms with Crippen LogP contribution in [0.5, 0.6) is 0 Å². The van der Waals surface area contributed by atoms with Gasteiger partial charge in [-0.3, -0.25) is 0 Å². The summed E-state index contributed by atoms with van der Waals surface area (Å²) >= 11 is 0. The van der Waals surface area contributed by atoms with E-state index in [2.05, 4.69) is 31.1 Å². The van der Waals surface area contributed by atoms with E-state index in [0.717, 1.165) is 18.9 Å². The van der Waals surface area contributed by atoms with Gasteiger partial charge in [-0.05, 0) is 5.41 Å². The zero-order chi connectivity index (χ0) is 6.91. The van der Waals surface area contributed by atoms with Gasteiger partial charge in [0.05, 0.1) is 5.82 Å². The van der Waals surface area contributed by atoms with Gasteiger partial charge in [0.2, 0.25) is 0 Å². The Labute approximate surface area is 56.3 Å². The molecule has 0 radical (unpaired) electrons. The van der Waals surface area contributed by atoms with E-state index in [1.165, 1.54) is 0 Å². The van der Waals surface area contributed by atoms with E-state index in [4.69, 9.17) is 0 Å². The van der Waals surface area contributed by atoms with Gasteiger partial charge in [0.15, 0.2) is 0 Å². The molecule has 0 aromatic heterocycles. The summed E-state index contributed by atoms with van der Waals surface area (Å²) in [6.07, 6.45) is 0. The van der Waals surface area contributed by atoms with E-state index in [9.17, 15) is 0 Å². The lowest BCUT2D eigenvalue weighted by Crippen LogP contribution is -2.46. The van der Waals surface area contributed by atoms with Crippen molar-refractivity contribution in [2.45, 2.75) is 13.8 Å². The first-order chi connectivity index (χ1) is 4.10. The summed E-state index contributed by atoms with van der Waals surface area (Å²) in [6.45, 7) is 10.3. The molecule has 0 aromatic carbocycles. The third kappa shape index (κ3) is 1.63. The monoisotopic (exact) mass is 126 g/mol. The molecule has 1 saturated heterocycles. The quantitative estimate of drug-likeness (QED) is 0.498. The first-order valence-corrected chi connectivity index (χ1v) is 3.27. The molecule has 0 aromatic rings. The summed E-state index contributed by atoms with van der Waals surface area (Å²) in [5, 5.41) is 6.33. The number of rotatable bonds is 0. The highest BCUT2D eigenvalue weighted by molar-refractivity contribution is 4.96. The van der Waals surface area contributed by atoms with Crippen molar-refractivity contribution >= 4 is 0 Å². The van der Waals surface area contributed by atoms with Crippen LogP contribution in [-0.2, 0) is 0 Å². The fourth-order valence-corrected chi connectivity index (χ4v) is 0.817. The van der Waals surface area contributed by atoms with Gasteiger partial charge in [-0.1, -0.05) is 20.4 Å². The lowest BCUT2D eigenvalue weighted by atomic mass is 9.92. The SMILES string of the molecule is C=C1NCC(C)(C)CN1. The molecule has 0 bridgehead atoms. The summed E-state index contributed by atoms with van der Waals surface area (Å²) in [6, 6.07) is 0. The van der Waals surface area contributed by atoms with E-state index in [1.54, 1.807) is 0 Å². The van der Waals surface area contributed by atoms with Crippen molar-refractivity contribution in [1.82, 2.24) is 10.6 Å². The topological polar surface area (TPSA) is 24.1 Å². The van der Waals surface area contributed by atoms with Gasteiger partial charge in [0, 0.05) is 13.1 Å². The van der Waals surface area contributed by atoms with Gasteiger partial charge < -0.3 is 10.6 Å². The van der Waals surface area contributed by atoms with Crippen LogP contribution < -0.4 is 10.6 Å². The minimum atomic E-state index is 0.376. The second-order valence-electron chi connectivity index (χ2n) is 3.35. The van der Waals surface area contributed by atoms with E-state index >= 15 is 0 Å². The molecule has 0 saturated carbocycles. The second kappa shape index (κ2) is 1.94. The summed E-state index contributed by atoms with van der Waals surface area (Å²) < 4.78 is 0. The van der Waals surface area contributed by atoms with Crippen molar-refractivity contribution in [2.24, 2.45) is 5.41 Å². The molecule has 0 aliphatic carbocycles. The van der Waals surface area contributed by atoms with Gasteiger partial charge in [0.25, 0.3) is 0 Å². The fourth-order valence-electron chi connectivity index (χ4n) is 0.817. The Hall–Kier alpha value is -0.660. The summed E-state index contributed by atoms with van der Waals surface area (Å²) in [4.78, 5) is 0. The molecule has 1 aliphatic rings. The van der Waals surface area contributed by atoms with Gasteiger partial charge >= 0.3 is 0 Å². The molecule has 1 heterocycles. The van der Waals surface area contributed by atoms with Crippen molar-refractivity contribution < 1.29 is 0 Å². The molecule has 0 amide bonds. The zero-order valence-corrected chi connectivity index (χ0v) is 6.12. The van der Waals surface area contributed by atoms with Gasteiger partial charge in [-0.15, -0.1) is 0 Å². The van der Waals surface area contributed by atoms with Crippen LogP contribution in [0.1, 0.15) is 13.8 Å². The average molecular weight is 126 g/mol. The molecule has 9 heavy (non-hydrogen) atoms. The third-order valence-corrected chi connectivity index (χ3v) is 1.56. The van der Waals surface area contributed by atoms with Crippen LogP contribution in [0.15, 0.2) is 12.4 Å². The Bertz CT molecular complexity index is 115. The Morgan fingerprint density at radius 2 is 1.78 bits per heavy atom. The highest BCUT2D eigenvalue weighted by Crippen LogP contribution is 2.15. The molecule has 1 fully saturated rings. The molecule has 0 atom stereocenters. The van der Waals surface area contributed by atoms with Crippen LogP contribution in [0.25, 0.3) is 0 Å². The Balaban J connectivity index is 2.44. The van der Waals surface area contributed by atoms with E-state index in [0.29, 0.717) is 5.41 Å². The first kappa shape index (κ1) is 6.46. The molecule has 52 valence electrons. The van der Waals surface area contributed by atoms with Gasteiger partial charge in [-0.2, -0.15) is 0 Å². The number of nitrogens with one attached hydrogen (secondary N) is 2. The van der Waals surface area contributed by atoms with Crippen LogP contribution in [-0.4, -0.2) is 13.1 Å². The third-order valence-electron chi connectivity index (χ3n) is 1.56. The predicted molar refractivity (Wildman–Crippen MR) is 38.9 cm³/mol. The molecule has 1 aliphatic heterocycles. The van der Waals surface area contributed by atoms with Crippen molar-refractivity contribution in [1.29, 1.82) is 0 Å². The van der Waals surface area contributed by atoms with Crippen molar-refractivity contribution in [3.63, 3.8) is 0 Å². The van der Waals surface area contributed by atoms with Crippen molar-refractivity contribution in [3.8, 4) is 0 Å². The number of hydrogen-bond acceptors (Lipinski definition) is 2. The predicted octanol–water partition coefficient (Wildman–Crippen LogP) is 0.677. The highest BCUT2D eigenvalue weighted by atomic mass is 15.1. The fraction of sp³-hybridized carbons (Fsp3) is 0.714. The minimum Gasteiger partial charge on any atom is -0.372 e. The Morgan fingerprint density at radius 1 is 1.33 bits per heavy atom. The van der Waals surface area contributed by atoms with E-state index in [1.807, 2.05) is 0 Å². The second-order valence-corrected chi connectivity index (χ2v) is 3.35. The molecular formula is C7H14N2. The molecule has 2 nitrogen and oxygen atoms in total. The van der Waals surface area contributed by atoms with E-state index in [-0.39, 0.29) is 0 Å². The average Bonchev–Trinajstić information content (AvgIpc) is 1.78. The van der Waals surface area contributed by atoms with Crippen molar-refractivity contribution in [3.05, 3.63) is 12.4 Å². The minimum absolute atomic E-state index is 0.376. The van der Waals surface area contributed by atoms with Crippen molar-refractivity contribution in [2.75, 3.05) is 13.1 Å². The molecule has 1 rings (SSSR count). The van der Waals surface area contributed by atoms with Crippen LogP contribution >= 0.6 is 0 Å². The molecule has 2 N–H and O–H groups in total. The number of hydrogen-bond donors (Lipinski definition) is 2. The van der Waals surface area contributed by atoms with Crippen LogP contribution in [0, 0.1) is 5.41 Å². The first-order valence-electron chi connectivity index (χ1n) is 3.27. The largest absolute Gasteiger partial charge is 0.372 e. The van der Waals surface area contributed by atoms with Crippen LogP contribution in [0.2, 0.25) is 0 Å². The summed E-state index contributed by atoms with van der Waals surface area (Å²) in [7, 11) is 0. The molecule has 0 spiro atoms. The van der Waals surface area contributed by atoms with Crippen LogP contribution in [0.3, 0.4) is 0 Å². The van der Waals surface area contributed by atoms with E-state index < -0.39 is 0 Å². The Kier molecular flexibility index (Phi) is 1.39. The maximum atomic E-state index is 3.76. The van der Waals surface area contributed by atoms with Gasteiger partial charge in [0.1, 0.15) is 0 Å². The summed E-state index contributed by atoms with van der Waals surface area (Å²) in [5.74, 6) is 0.953. The summed E-state index contributed by atoms with van der Waals surface area (Å²) in [5.41, 5.74) is 0.376. The maximum Gasteiger partial charge on any atom is 0.0912 e. The molecule has 0 unspecified atom stereocenters. The smallest absolute Gasteiger partial charge is 0.0912 e. The lowest BCUT2D eigenvalue weighted by molar-refractivity contribution is 0.301. The molecular weight excluding hydrogens is 112 g/mol. The molecule has 2 heteroatoms. The maximum absolute atomic E-state index is 3.76. The lowest BCUT2D eigenvalue weighted by Gasteiger charge is -2.32. The zero-order valence-electron chi connectivity index (χ0n) is 6.12. The normalized spacial score (nSPS) is 24.4. The standard InChI is InChI=1S/C7H14N2/c1-6-8-4-7(2,3)5-9-6/h8-9H,1,4-5H2,2-3H3. The highest BCUT2D eigenvalue weighted by Gasteiger charge is 2.21.